The number of carbonyl (C=O) groups is 2. The number of hydrogen-bond donors (Lipinski definition) is 2. The first-order valence-corrected chi connectivity index (χ1v) is 9.16. The van der Waals surface area contributed by atoms with Gasteiger partial charge in [-0.05, 0) is 43.2 Å². The fourth-order valence-electron chi connectivity index (χ4n) is 2.59. The number of rotatable bonds is 7. The molecule has 1 heterocycles. The van der Waals surface area contributed by atoms with Gasteiger partial charge in [0.2, 0.25) is 11.8 Å². The summed E-state index contributed by atoms with van der Waals surface area (Å²) in [7, 11) is 0. The van der Waals surface area contributed by atoms with E-state index in [-0.39, 0.29) is 24.3 Å². The molecule has 4 nitrogen and oxygen atoms in total. The van der Waals surface area contributed by atoms with E-state index in [2.05, 4.69) is 10.6 Å². The third-order valence-corrected chi connectivity index (χ3v) is 5.05. The van der Waals surface area contributed by atoms with Gasteiger partial charge in [-0.2, -0.15) is 0 Å². The minimum Gasteiger partial charge on any atom is -0.352 e. The van der Waals surface area contributed by atoms with Crippen LogP contribution in [-0.2, 0) is 16.0 Å². The first kappa shape index (κ1) is 16.7. The number of hydrogen-bond acceptors (Lipinski definition) is 3. The summed E-state index contributed by atoms with van der Waals surface area (Å²) < 4.78 is 0. The zero-order valence-electron chi connectivity index (χ0n) is 13.7. The molecule has 1 unspecified atom stereocenters. The van der Waals surface area contributed by atoms with Crippen molar-refractivity contribution in [2.24, 2.45) is 0 Å². The molecule has 2 N–H and O–H groups in total. The highest BCUT2D eigenvalue weighted by molar-refractivity contribution is 7.09. The van der Waals surface area contributed by atoms with Crippen LogP contribution in [0, 0.1) is 6.92 Å². The molecule has 2 aromatic rings. The predicted octanol–water partition coefficient (Wildman–Crippen LogP) is 2.78. The molecule has 0 bridgehead atoms. The zero-order valence-corrected chi connectivity index (χ0v) is 14.6. The van der Waals surface area contributed by atoms with Gasteiger partial charge in [0.25, 0.3) is 0 Å². The molecule has 1 fully saturated rings. The van der Waals surface area contributed by atoms with Gasteiger partial charge >= 0.3 is 0 Å². The van der Waals surface area contributed by atoms with Gasteiger partial charge in [0, 0.05) is 10.9 Å². The quantitative estimate of drug-likeness (QED) is 0.813. The average Bonchev–Trinajstić information content (AvgIpc) is 3.23. The third-order valence-electron chi connectivity index (χ3n) is 4.15. The maximum absolute atomic E-state index is 12.7. The van der Waals surface area contributed by atoms with E-state index >= 15 is 0 Å². The Balaban J connectivity index is 1.66. The lowest BCUT2D eigenvalue weighted by molar-refractivity contribution is -0.127. The van der Waals surface area contributed by atoms with Crippen LogP contribution in [0.4, 0.5) is 0 Å². The lowest BCUT2D eigenvalue weighted by atomic mass is 9.93. The lowest BCUT2D eigenvalue weighted by Gasteiger charge is -2.17. The van der Waals surface area contributed by atoms with E-state index in [1.165, 1.54) is 0 Å². The third kappa shape index (κ3) is 4.68. The Labute approximate surface area is 146 Å². The SMILES string of the molecule is Cc1ccc(C(Cc2cccs2)C(=O)NCC(=O)NC2CC2)cc1. The molecule has 1 aliphatic carbocycles. The Morgan fingerprint density at radius 2 is 1.96 bits per heavy atom. The van der Waals surface area contributed by atoms with Gasteiger partial charge in [-0.25, -0.2) is 0 Å². The predicted molar refractivity (Wildman–Crippen MR) is 96.1 cm³/mol. The summed E-state index contributed by atoms with van der Waals surface area (Å²) in [4.78, 5) is 25.6. The molecule has 1 atom stereocenters. The number of amides is 2. The van der Waals surface area contributed by atoms with Crippen LogP contribution < -0.4 is 10.6 Å². The van der Waals surface area contributed by atoms with Crippen LogP contribution in [0.1, 0.15) is 34.8 Å². The van der Waals surface area contributed by atoms with Crippen molar-refractivity contribution in [3.8, 4) is 0 Å². The summed E-state index contributed by atoms with van der Waals surface area (Å²) in [6.45, 7) is 2.07. The second-order valence-electron chi connectivity index (χ2n) is 6.31. The largest absolute Gasteiger partial charge is 0.352 e. The number of benzene rings is 1. The van der Waals surface area contributed by atoms with Crippen LogP contribution in [0.3, 0.4) is 0 Å². The Morgan fingerprint density at radius 3 is 2.58 bits per heavy atom. The van der Waals surface area contributed by atoms with Crippen molar-refractivity contribution in [3.63, 3.8) is 0 Å². The van der Waals surface area contributed by atoms with E-state index in [4.69, 9.17) is 0 Å². The normalized spacial score (nSPS) is 14.9. The fraction of sp³-hybridized carbons (Fsp3) is 0.368. The molecule has 0 spiro atoms. The van der Waals surface area contributed by atoms with Gasteiger partial charge in [-0.3, -0.25) is 9.59 Å². The molecule has 3 rings (SSSR count). The summed E-state index contributed by atoms with van der Waals surface area (Å²) in [6, 6.07) is 12.4. The highest BCUT2D eigenvalue weighted by atomic mass is 32.1. The van der Waals surface area contributed by atoms with Crippen LogP contribution in [0.25, 0.3) is 0 Å². The molecule has 5 heteroatoms. The van der Waals surface area contributed by atoms with Gasteiger partial charge in [0.15, 0.2) is 0 Å². The van der Waals surface area contributed by atoms with Gasteiger partial charge < -0.3 is 10.6 Å². The fourth-order valence-corrected chi connectivity index (χ4v) is 3.34. The van der Waals surface area contributed by atoms with Crippen LogP contribution in [0.5, 0.6) is 0 Å². The molecule has 1 aliphatic rings. The monoisotopic (exact) mass is 342 g/mol. The molecule has 0 aliphatic heterocycles. The summed E-state index contributed by atoms with van der Waals surface area (Å²) in [5, 5.41) is 7.70. The van der Waals surface area contributed by atoms with Crippen molar-refractivity contribution < 1.29 is 9.59 Å². The summed E-state index contributed by atoms with van der Waals surface area (Å²) >= 11 is 1.65. The zero-order chi connectivity index (χ0) is 16.9. The molecule has 0 radical (unpaired) electrons. The summed E-state index contributed by atoms with van der Waals surface area (Å²) in [5.41, 5.74) is 2.15. The van der Waals surface area contributed by atoms with Crippen molar-refractivity contribution >= 4 is 23.2 Å². The molecule has 24 heavy (non-hydrogen) atoms. The first-order valence-electron chi connectivity index (χ1n) is 8.28. The van der Waals surface area contributed by atoms with Crippen LogP contribution in [0.15, 0.2) is 41.8 Å². The van der Waals surface area contributed by atoms with E-state index in [0.717, 1.165) is 28.8 Å². The number of thiophene rings is 1. The maximum Gasteiger partial charge on any atom is 0.239 e. The molecule has 1 aromatic carbocycles. The lowest BCUT2D eigenvalue weighted by Crippen LogP contribution is -2.40. The molecular weight excluding hydrogens is 320 g/mol. The highest BCUT2D eigenvalue weighted by Crippen LogP contribution is 2.24. The van der Waals surface area contributed by atoms with Crippen molar-refractivity contribution in [2.45, 2.75) is 38.1 Å². The molecule has 1 aromatic heterocycles. The highest BCUT2D eigenvalue weighted by Gasteiger charge is 2.25. The van der Waals surface area contributed by atoms with Gasteiger partial charge in [-0.1, -0.05) is 35.9 Å². The van der Waals surface area contributed by atoms with E-state index in [1.54, 1.807) is 11.3 Å². The second kappa shape index (κ2) is 7.62. The van der Waals surface area contributed by atoms with Crippen LogP contribution >= 0.6 is 11.3 Å². The van der Waals surface area contributed by atoms with E-state index in [1.807, 2.05) is 48.7 Å². The average molecular weight is 342 g/mol. The van der Waals surface area contributed by atoms with Crippen LogP contribution in [0.2, 0.25) is 0 Å². The minimum absolute atomic E-state index is 0.0438. The second-order valence-corrected chi connectivity index (χ2v) is 7.34. The molecule has 0 saturated heterocycles. The first-order chi connectivity index (χ1) is 11.6. The van der Waals surface area contributed by atoms with Gasteiger partial charge in [0.1, 0.15) is 0 Å². The molecule has 126 valence electrons. The van der Waals surface area contributed by atoms with E-state index in [0.29, 0.717) is 12.5 Å². The van der Waals surface area contributed by atoms with Crippen molar-refractivity contribution in [3.05, 3.63) is 57.8 Å². The van der Waals surface area contributed by atoms with Crippen molar-refractivity contribution in [2.75, 3.05) is 6.54 Å². The summed E-state index contributed by atoms with van der Waals surface area (Å²) in [6.07, 6.45) is 2.74. The van der Waals surface area contributed by atoms with Crippen molar-refractivity contribution in [1.29, 1.82) is 0 Å². The summed E-state index contributed by atoms with van der Waals surface area (Å²) in [5.74, 6) is -0.485. The minimum atomic E-state index is -0.280. The Morgan fingerprint density at radius 1 is 1.21 bits per heavy atom. The molecular formula is C19H22N2O2S. The number of carbonyl (C=O) groups excluding carboxylic acids is 2. The molecule has 2 amide bonds. The Hall–Kier alpha value is -2.14. The molecule has 1 saturated carbocycles. The van der Waals surface area contributed by atoms with Crippen molar-refractivity contribution in [1.82, 2.24) is 10.6 Å². The topological polar surface area (TPSA) is 58.2 Å². The van der Waals surface area contributed by atoms with Gasteiger partial charge in [-0.15, -0.1) is 11.3 Å². The maximum atomic E-state index is 12.7. The number of nitrogens with one attached hydrogen (secondary N) is 2. The standard InChI is InChI=1S/C19H22N2O2S/c1-13-4-6-14(7-5-13)17(11-16-3-2-10-24-16)19(23)20-12-18(22)21-15-8-9-15/h2-7,10,15,17H,8-9,11-12H2,1H3,(H,20,23)(H,21,22). The smallest absolute Gasteiger partial charge is 0.239 e. The Bertz CT molecular complexity index is 691. The van der Waals surface area contributed by atoms with E-state index < -0.39 is 0 Å². The number of aryl methyl sites for hydroxylation is 1. The Kier molecular flexibility index (Phi) is 5.30. The van der Waals surface area contributed by atoms with Gasteiger partial charge in [0.05, 0.1) is 12.5 Å². The van der Waals surface area contributed by atoms with Crippen LogP contribution in [-0.4, -0.2) is 24.4 Å². The van der Waals surface area contributed by atoms with E-state index in [9.17, 15) is 9.59 Å².